The summed E-state index contributed by atoms with van der Waals surface area (Å²) in [4.78, 5) is 25.0. The second-order valence-corrected chi connectivity index (χ2v) is 10.6. The monoisotopic (exact) mass is 407 g/mol. The Bertz CT molecular complexity index is 896. The van der Waals surface area contributed by atoms with Crippen molar-refractivity contribution in [1.82, 2.24) is 5.32 Å². The van der Waals surface area contributed by atoms with Gasteiger partial charge in [-0.3, -0.25) is 9.59 Å². The summed E-state index contributed by atoms with van der Waals surface area (Å²) >= 11 is 0. The molecule has 0 aromatic heterocycles. The van der Waals surface area contributed by atoms with Gasteiger partial charge in [0.15, 0.2) is 0 Å². The van der Waals surface area contributed by atoms with Gasteiger partial charge in [0.1, 0.15) is 5.78 Å². The molecule has 0 spiro atoms. The van der Waals surface area contributed by atoms with Crippen molar-refractivity contribution >= 4 is 11.8 Å². The number of fused-ring (bicyclic) bond motifs is 5. The smallest absolute Gasteiger partial charge is 0.307 e. The van der Waals surface area contributed by atoms with Gasteiger partial charge in [0.25, 0.3) is 0 Å². The van der Waals surface area contributed by atoms with E-state index in [9.17, 15) is 14.7 Å². The highest BCUT2D eigenvalue weighted by molar-refractivity contribution is 5.88. The minimum absolute atomic E-state index is 0.0341. The zero-order valence-electron chi connectivity index (χ0n) is 18.1. The Hall–Kier alpha value is -2.10. The number of aliphatic carboxylic acids is 1. The van der Waals surface area contributed by atoms with Crippen LogP contribution >= 0.6 is 0 Å². The third kappa shape index (κ3) is 2.72. The molecule has 4 aliphatic carbocycles. The summed E-state index contributed by atoms with van der Waals surface area (Å²) in [5.41, 5.74) is 2.28. The van der Waals surface area contributed by atoms with Crippen molar-refractivity contribution < 1.29 is 14.7 Å². The molecule has 7 atom stereocenters. The van der Waals surface area contributed by atoms with Gasteiger partial charge >= 0.3 is 5.97 Å². The first-order valence-corrected chi connectivity index (χ1v) is 11.6. The number of hydrogen-bond donors (Lipinski definition) is 2. The number of ketones is 1. The number of nitrogens with one attached hydrogen (secondary N) is 1. The third-order valence-corrected chi connectivity index (χ3v) is 9.50. The summed E-state index contributed by atoms with van der Waals surface area (Å²) in [6, 6.07) is 0. The summed E-state index contributed by atoms with van der Waals surface area (Å²) in [6.07, 6.45) is 18.8. The van der Waals surface area contributed by atoms with Gasteiger partial charge in [0.05, 0.1) is 11.8 Å². The molecule has 0 bridgehead atoms. The van der Waals surface area contributed by atoms with Gasteiger partial charge in [-0.2, -0.15) is 0 Å². The van der Waals surface area contributed by atoms with Crippen molar-refractivity contribution in [1.29, 1.82) is 0 Å². The van der Waals surface area contributed by atoms with Crippen LogP contribution in [0.25, 0.3) is 0 Å². The second-order valence-electron chi connectivity index (χ2n) is 10.6. The summed E-state index contributed by atoms with van der Waals surface area (Å²) in [5.74, 6) is 0.952. The molecule has 3 saturated carbocycles. The first-order valence-electron chi connectivity index (χ1n) is 11.6. The minimum atomic E-state index is -0.604. The Labute approximate surface area is 179 Å². The lowest BCUT2D eigenvalue weighted by Gasteiger charge is -2.58. The quantitative estimate of drug-likeness (QED) is 0.632. The van der Waals surface area contributed by atoms with E-state index >= 15 is 0 Å². The second kappa shape index (κ2) is 6.96. The molecule has 1 aliphatic heterocycles. The molecule has 5 rings (SSSR count). The fraction of sp³-hybridized carbons (Fsp3) is 0.615. The highest BCUT2D eigenvalue weighted by Crippen LogP contribution is 2.66. The number of carboxylic acids is 1. The van der Waals surface area contributed by atoms with Gasteiger partial charge in [0.2, 0.25) is 0 Å². The first kappa shape index (κ1) is 19.8. The van der Waals surface area contributed by atoms with Crippen molar-refractivity contribution in [2.24, 2.45) is 40.4 Å². The lowest BCUT2D eigenvalue weighted by molar-refractivity contribution is -0.149. The van der Waals surface area contributed by atoms with E-state index in [-0.39, 0.29) is 22.7 Å². The fourth-order valence-corrected chi connectivity index (χ4v) is 7.99. The summed E-state index contributed by atoms with van der Waals surface area (Å²) in [5, 5.41) is 13.2. The predicted octanol–water partition coefficient (Wildman–Crippen LogP) is 5.00. The molecule has 0 aromatic rings. The third-order valence-electron chi connectivity index (χ3n) is 9.50. The number of carboxylic acid groups (broad SMARTS) is 1. The van der Waals surface area contributed by atoms with E-state index in [1.807, 2.05) is 30.5 Å². The number of rotatable bonds is 2. The Balaban J connectivity index is 1.51. The molecule has 30 heavy (non-hydrogen) atoms. The SMILES string of the molecule is C[C@]12CC[C@H]3[C@@H](CC=C4C(C5=CC=CC=CN5)C(=O)CC[C@@]43C)[C@@H]1CC[C@@H]2C(=O)O. The van der Waals surface area contributed by atoms with Crippen LogP contribution in [0.5, 0.6) is 0 Å². The maximum absolute atomic E-state index is 13.1. The highest BCUT2D eigenvalue weighted by atomic mass is 16.4. The topological polar surface area (TPSA) is 66.4 Å². The molecule has 160 valence electrons. The number of allylic oxidation sites excluding steroid dienone is 6. The largest absolute Gasteiger partial charge is 0.481 e. The van der Waals surface area contributed by atoms with Gasteiger partial charge in [-0.25, -0.2) is 0 Å². The average Bonchev–Trinajstić information content (AvgIpc) is 2.87. The highest BCUT2D eigenvalue weighted by Gasteiger charge is 2.61. The molecule has 0 radical (unpaired) electrons. The van der Waals surface area contributed by atoms with E-state index in [1.54, 1.807) is 0 Å². The van der Waals surface area contributed by atoms with Crippen LogP contribution in [0.1, 0.15) is 58.8 Å². The molecule has 3 fully saturated rings. The minimum Gasteiger partial charge on any atom is -0.481 e. The van der Waals surface area contributed by atoms with Crippen molar-refractivity contribution in [3.63, 3.8) is 0 Å². The molecule has 1 heterocycles. The van der Waals surface area contributed by atoms with Crippen LogP contribution in [0, 0.1) is 40.4 Å². The van der Waals surface area contributed by atoms with Crippen LogP contribution in [0.15, 0.2) is 47.9 Å². The van der Waals surface area contributed by atoms with Crippen LogP contribution in [-0.2, 0) is 9.59 Å². The van der Waals surface area contributed by atoms with Crippen molar-refractivity contribution in [3.8, 4) is 0 Å². The molecule has 4 heteroatoms. The molecule has 0 amide bonds. The van der Waals surface area contributed by atoms with E-state index in [1.165, 1.54) is 5.57 Å². The van der Waals surface area contributed by atoms with Crippen LogP contribution < -0.4 is 5.32 Å². The lowest BCUT2D eigenvalue weighted by Crippen LogP contribution is -2.52. The van der Waals surface area contributed by atoms with E-state index in [0.717, 1.165) is 44.2 Å². The van der Waals surface area contributed by atoms with Gasteiger partial charge in [-0.1, -0.05) is 37.6 Å². The van der Waals surface area contributed by atoms with Gasteiger partial charge in [0, 0.05) is 18.3 Å². The fourth-order valence-electron chi connectivity index (χ4n) is 7.99. The Morgan fingerprint density at radius 3 is 2.73 bits per heavy atom. The maximum atomic E-state index is 13.1. The number of carbonyl (C=O) groups excluding carboxylic acids is 1. The number of hydrogen-bond acceptors (Lipinski definition) is 3. The van der Waals surface area contributed by atoms with E-state index < -0.39 is 5.97 Å². The predicted molar refractivity (Wildman–Crippen MR) is 116 cm³/mol. The number of carbonyl (C=O) groups is 2. The van der Waals surface area contributed by atoms with Crippen LogP contribution in [0.4, 0.5) is 0 Å². The molecule has 0 aromatic carbocycles. The summed E-state index contributed by atoms with van der Waals surface area (Å²) in [6.45, 7) is 4.64. The van der Waals surface area contributed by atoms with Crippen molar-refractivity contribution in [3.05, 3.63) is 47.9 Å². The molecule has 1 unspecified atom stereocenters. The average molecular weight is 408 g/mol. The number of Topliss-reactive ketones (excluding diaryl/α,β-unsaturated/α-hetero) is 1. The Kier molecular flexibility index (Phi) is 4.61. The molecular weight excluding hydrogens is 374 g/mol. The van der Waals surface area contributed by atoms with E-state index in [0.29, 0.717) is 30.0 Å². The standard InChI is InChI=1S/C26H33NO3/c1-25-14-12-22(28)23(21-6-4-3-5-15-27-21)19(25)8-7-16-17-9-10-20(24(29)30)26(17,2)13-11-18(16)25/h3-6,8,15-18,20,23,27H,7,9-14H2,1-2H3,(H,29,30)/t16-,17-,18-,20+,23?,25+,26-/m0/s1. The van der Waals surface area contributed by atoms with Crippen LogP contribution in [0.2, 0.25) is 0 Å². The first-order chi connectivity index (χ1) is 14.4. The molecular formula is C26H33NO3. The van der Waals surface area contributed by atoms with Crippen LogP contribution in [0.3, 0.4) is 0 Å². The van der Waals surface area contributed by atoms with E-state index in [4.69, 9.17) is 0 Å². The van der Waals surface area contributed by atoms with Gasteiger partial charge < -0.3 is 10.4 Å². The Morgan fingerprint density at radius 1 is 1.10 bits per heavy atom. The van der Waals surface area contributed by atoms with Crippen molar-refractivity contribution in [2.75, 3.05) is 0 Å². The molecule has 4 nitrogen and oxygen atoms in total. The Morgan fingerprint density at radius 2 is 1.93 bits per heavy atom. The maximum Gasteiger partial charge on any atom is 0.307 e. The molecule has 2 N–H and O–H groups in total. The van der Waals surface area contributed by atoms with E-state index in [2.05, 4.69) is 25.2 Å². The normalized spacial score (nSPS) is 44.7. The molecule has 0 saturated heterocycles. The lowest BCUT2D eigenvalue weighted by atomic mass is 9.46. The van der Waals surface area contributed by atoms with Gasteiger partial charge in [-0.15, -0.1) is 0 Å². The molecule has 5 aliphatic rings. The summed E-state index contributed by atoms with van der Waals surface area (Å²) in [7, 11) is 0. The zero-order chi connectivity index (χ0) is 21.1. The van der Waals surface area contributed by atoms with Gasteiger partial charge in [-0.05, 0) is 79.3 Å². The van der Waals surface area contributed by atoms with Crippen molar-refractivity contribution in [2.45, 2.75) is 58.8 Å². The zero-order valence-corrected chi connectivity index (χ0v) is 18.1. The van der Waals surface area contributed by atoms with Crippen LogP contribution in [-0.4, -0.2) is 16.9 Å². The summed E-state index contributed by atoms with van der Waals surface area (Å²) < 4.78 is 0.